The molecule has 0 bridgehead atoms. The molecule has 3 N–H and O–H groups in total. The van der Waals surface area contributed by atoms with Crippen LogP contribution >= 0.6 is 0 Å². The molecule has 24 heavy (non-hydrogen) atoms. The van der Waals surface area contributed by atoms with Gasteiger partial charge in [-0.1, -0.05) is 25.3 Å². The Kier molecular flexibility index (Phi) is 7.45. The third kappa shape index (κ3) is 7.15. The van der Waals surface area contributed by atoms with Crippen LogP contribution < -0.4 is 15.2 Å². The van der Waals surface area contributed by atoms with Gasteiger partial charge in [0.1, 0.15) is 0 Å². The van der Waals surface area contributed by atoms with Crippen molar-refractivity contribution in [3.8, 4) is 5.75 Å². The van der Waals surface area contributed by atoms with Crippen LogP contribution in [0, 0.1) is 11.7 Å². The van der Waals surface area contributed by atoms with E-state index in [0.717, 1.165) is 25.2 Å². The predicted molar refractivity (Wildman–Crippen MR) is 92.8 cm³/mol. The quantitative estimate of drug-likeness (QED) is 0.563. The topological polar surface area (TPSA) is 81.4 Å². The standard InChI is InChI=1S/C17H27FN2O3S/c18-16-7-6-15(12-17(16)23-10-8-14-4-5-14)13-20-24(21,22)11-3-1-2-9-19/h6-7,12,14,20H,1-5,8-11,13,19H2. The van der Waals surface area contributed by atoms with Gasteiger partial charge in [0.2, 0.25) is 10.0 Å². The molecule has 7 heteroatoms. The highest BCUT2D eigenvalue weighted by atomic mass is 32.2. The molecule has 1 saturated carbocycles. The molecule has 0 aliphatic heterocycles. The summed E-state index contributed by atoms with van der Waals surface area (Å²) < 4.78 is 45.6. The first kappa shape index (κ1) is 19.1. The second-order valence-corrected chi connectivity index (χ2v) is 8.26. The Morgan fingerprint density at radius 1 is 1.25 bits per heavy atom. The maximum absolute atomic E-state index is 13.7. The van der Waals surface area contributed by atoms with Gasteiger partial charge in [-0.3, -0.25) is 0 Å². The van der Waals surface area contributed by atoms with Gasteiger partial charge in [0, 0.05) is 6.54 Å². The second kappa shape index (κ2) is 9.34. The van der Waals surface area contributed by atoms with Crippen molar-refractivity contribution in [2.75, 3.05) is 18.9 Å². The van der Waals surface area contributed by atoms with Crippen LogP contribution in [-0.2, 0) is 16.6 Å². The number of nitrogens with one attached hydrogen (secondary N) is 1. The third-order valence-corrected chi connectivity index (χ3v) is 5.50. The fourth-order valence-corrected chi connectivity index (χ4v) is 3.50. The van der Waals surface area contributed by atoms with E-state index in [-0.39, 0.29) is 18.0 Å². The number of unbranched alkanes of at least 4 members (excludes halogenated alkanes) is 2. The largest absolute Gasteiger partial charge is 0.490 e. The number of hydrogen-bond donors (Lipinski definition) is 2. The highest BCUT2D eigenvalue weighted by Gasteiger charge is 2.21. The Balaban J connectivity index is 1.80. The zero-order valence-corrected chi connectivity index (χ0v) is 14.8. The molecule has 5 nitrogen and oxygen atoms in total. The summed E-state index contributed by atoms with van der Waals surface area (Å²) in [6.45, 7) is 1.21. The van der Waals surface area contributed by atoms with E-state index in [1.54, 1.807) is 12.1 Å². The molecule has 2 rings (SSSR count). The van der Waals surface area contributed by atoms with E-state index < -0.39 is 15.8 Å². The summed E-state index contributed by atoms with van der Waals surface area (Å²) in [4.78, 5) is 0. The van der Waals surface area contributed by atoms with Gasteiger partial charge in [-0.25, -0.2) is 17.5 Å². The molecule has 0 radical (unpaired) electrons. The molecule has 136 valence electrons. The zero-order valence-electron chi connectivity index (χ0n) is 14.0. The number of halogens is 1. The van der Waals surface area contributed by atoms with E-state index >= 15 is 0 Å². The SMILES string of the molecule is NCCCCCS(=O)(=O)NCc1ccc(F)c(OCCC2CC2)c1. The first-order chi connectivity index (χ1) is 11.5. The lowest BCUT2D eigenvalue weighted by molar-refractivity contribution is 0.288. The lowest BCUT2D eigenvalue weighted by atomic mass is 10.2. The van der Waals surface area contributed by atoms with Crippen molar-refractivity contribution < 1.29 is 17.5 Å². The Morgan fingerprint density at radius 3 is 2.75 bits per heavy atom. The summed E-state index contributed by atoms with van der Waals surface area (Å²) in [5.74, 6) is 0.579. The van der Waals surface area contributed by atoms with Gasteiger partial charge in [-0.05, 0) is 49.4 Å². The Morgan fingerprint density at radius 2 is 2.04 bits per heavy atom. The van der Waals surface area contributed by atoms with Crippen molar-refractivity contribution in [1.29, 1.82) is 0 Å². The monoisotopic (exact) mass is 358 g/mol. The maximum atomic E-state index is 13.7. The summed E-state index contributed by atoms with van der Waals surface area (Å²) in [5.41, 5.74) is 6.07. The van der Waals surface area contributed by atoms with Gasteiger partial charge in [0.15, 0.2) is 11.6 Å². The Labute approximate surface area is 143 Å². The highest BCUT2D eigenvalue weighted by Crippen LogP contribution is 2.32. The summed E-state index contributed by atoms with van der Waals surface area (Å²) in [7, 11) is -3.33. The summed E-state index contributed by atoms with van der Waals surface area (Å²) in [6, 6.07) is 4.45. The predicted octanol–water partition coefficient (Wildman–Crippen LogP) is 2.55. The molecular weight excluding hydrogens is 331 g/mol. The van der Waals surface area contributed by atoms with E-state index in [4.69, 9.17) is 10.5 Å². The minimum Gasteiger partial charge on any atom is -0.490 e. The first-order valence-electron chi connectivity index (χ1n) is 8.59. The third-order valence-electron chi connectivity index (χ3n) is 4.09. The Hall–Kier alpha value is -1.18. The minimum atomic E-state index is -3.33. The van der Waals surface area contributed by atoms with Gasteiger partial charge in [-0.2, -0.15) is 0 Å². The van der Waals surface area contributed by atoms with Crippen LogP contribution in [0.25, 0.3) is 0 Å². The van der Waals surface area contributed by atoms with Crippen molar-refractivity contribution in [3.05, 3.63) is 29.6 Å². The van der Waals surface area contributed by atoms with E-state index in [0.29, 0.717) is 25.1 Å². The van der Waals surface area contributed by atoms with Gasteiger partial charge >= 0.3 is 0 Å². The molecule has 1 fully saturated rings. The van der Waals surface area contributed by atoms with Crippen LogP contribution in [0.2, 0.25) is 0 Å². The second-order valence-electron chi connectivity index (χ2n) is 6.33. The molecule has 0 atom stereocenters. The van der Waals surface area contributed by atoms with E-state index in [2.05, 4.69) is 4.72 Å². The van der Waals surface area contributed by atoms with Crippen LogP contribution in [-0.4, -0.2) is 27.3 Å². The molecule has 1 aliphatic rings. The number of nitrogens with two attached hydrogens (primary N) is 1. The lowest BCUT2D eigenvalue weighted by Gasteiger charge is -2.10. The van der Waals surface area contributed by atoms with Crippen LogP contribution in [0.15, 0.2) is 18.2 Å². The highest BCUT2D eigenvalue weighted by molar-refractivity contribution is 7.89. The summed E-state index contributed by atoms with van der Waals surface area (Å²) in [5, 5.41) is 0. The van der Waals surface area contributed by atoms with E-state index in [1.807, 2.05) is 0 Å². The van der Waals surface area contributed by atoms with Crippen molar-refractivity contribution in [1.82, 2.24) is 4.72 Å². The molecule has 0 spiro atoms. The number of rotatable bonds is 12. The van der Waals surface area contributed by atoms with Gasteiger partial charge in [0.05, 0.1) is 12.4 Å². The molecule has 1 aliphatic carbocycles. The number of ether oxygens (including phenoxy) is 1. The molecule has 0 amide bonds. The molecular formula is C17H27FN2O3S. The molecule has 1 aromatic carbocycles. The lowest BCUT2D eigenvalue weighted by Crippen LogP contribution is -2.26. The summed E-state index contributed by atoms with van der Waals surface area (Å²) in [6.07, 6.45) is 5.63. The fraction of sp³-hybridized carbons (Fsp3) is 0.647. The molecule has 1 aromatic rings. The average Bonchev–Trinajstić information content (AvgIpc) is 3.36. The molecule has 0 unspecified atom stereocenters. The number of benzene rings is 1. The van der Waals surface area contributed by atoms with Crippen molar-refractivity contribution in [2.45, 2.75) is 45.1 Å². The van der Waals surface area contributed by atoms with Crippen LogP contribution in [0.5, 0.6) is 5.75 Å². The van der Waals surface area contributed by atoms with Crippen molar-refractivity contribution in [3.63, 3.8) is 0 Å². The first-order valence-corrected chi connectivity index (χ1v) is 10.2. The fourth-order valence-electron chi connectivity index (χ4n) is 2.39. The smallest absolute Gasteiger partial charge is 0.211 e. The average molecular weight is 358 g/mol. The van der Waals surface area contributed by atoms with Gasteiger partial charge < -0.3 is 10.5 Å². The van der Waals surface area contributed by atoms with Gasteiger partial charge in [-0.15, -0.1) is 0 Å². The number of hydrogen-bond acceptors (Lipinski definition) is 4. The molecule has 0 heterocycles. The van der Waals surface area contributed by atoms with E-state index in [9.17, 15) is 12.8 Å². The van der Waals surface area contributed by atoms with Crippen LogP contribution in [0.3, 0.4) is 0 Å². The van der Waals surface area contributed by atoms with Crippen LogP contribution in [0.1, 0.15) is 44.1 Å². The Bertz CT molecular complexity index is 618. The van der Waals surface area contributed by atoms with E-state index in [1.165, 1.54) is 18.9 Å². The zero-order chi connectivity index (χ0) is 17.4. The maximum Gasteiger partial charge on any atom is 0.211 e. The minimum absolute atomic E-state index is 0.0823. The molecule has 0 saturated heterocycles. The number of sulfonamides is 1. The van der Waals surface area contributed by atoms with Gasteiger partial charge in [0.25, 0.3) is 0 Å². The van der Waals surface area contributed by atoms with Crippen molar-refractivity contribution >= 4 is 10.0 Å². The van der Waals surface area contributed by atoms with Crippen LogP contribution in [0.4, 0.5) is 4.39 Å². The summed E-state index contributed by atoms with van der Waals surface area (Å²) >= 11 is 0. The van der Waals surface area contributed by atoms with Crippen molar-refractivity contribution in [2.24, 2.45) is 11.7 Å². The normalized spacial score (nSPS) is 14.8. The molecule has 0 aromatic heterocycles.